The van der Waals surface area contributed by atoms with Crippen molar-refractivity contribution in [3.05, 3.63) is 131 Å². The van der Waals surface area contributed by atoms with Gasteiger partial charge in [-0.3, -0.25) is 14.4 Å². The molecule has 5 aromatic rings. The first-order valence-corrected chi connectivity index (χ1v) is 27.1. The van der Waals surface area contributed by atoms with Crippen molar-refractivity contribution in [3.8, 4) is 11.5 Å². The number of rotatable bonds is 17. The number of anilines is 3. The van der Waals surface area contributed by atoms with E-state index in [-0.39, 0.29) is 60.9 Å². The van der Waals surface area contributed by atoms with Gasteiger partial charge in [0.25, 0.3) is 5.89 Å². The Morgan fingerprint density at radius 2 is 1.71 bits per heavy atom. The molecule has 6 heterocycles. The standard InChI is InChI=1S/C44H55N9O7.C13H16N2S/c1-26(27-11-8-7-9-12-27)46-37-32(24-45-42(49-37)47-29-15-16-31-33(23-29)44(5,6)60-41(31)58)39-51-50-38(59-39)28-17-20-52(21-18-28)35(56)14-10-13-34(55)48-36(43(2,3)4)40(57)53-22-19-30(54)25-53;1-3-14-8-11-4-6-12(7-5-11)13-10(2)15-9-16-13/h7-9,11-12,15-16,23-24,26,28,30,36,54H,10,13-14,17-22,25H2,1-6H3,(H,48,55)(H2,45,46,47,49);3-7,14-15H,1,8-9H2,2H3. The van der Waals surface area contributed by atoms with Crippen LogP contribution in [0.15, 0.2) is 102 Å². The Bertz CT molecular complexity index is 2910. The second-order valence-electron chi connectivity index (χ2n) is 21.3. The van der Waals surface area contributed by atoms with Crippen LogP contribution in [0.4, 0.5) is 17.5 Å². The lowest BCUT2D eigenvalue weighted by Crippen LogP contribution is -2.54. The minimum atomic E-state index is -0.755. The van der Waals surface area contributed by atoms with E-state index in [9.17, 15) is 24.3 Å². The van der Waals surface area contributed by atoms with Gasteiger partial charge in [-0.2, -0.15) is 4.98 Å². The third kappa shape index (κ3) is 13.6. The summed E-state index contributed by atoms with van der Waals surface area (Å²) in [6.07, 6.45) is 5.33. The number of hydrogen-bond acceptors (Lipinski definition) is 16. The third-order valence-electron chi connectivity index (χ3n) is 14.1. The fraction of sp³-hybridized carbons (Fsp3) is 0.439. The number of carbonyl (C=O) groups excluding carboxylic acids is 4. The largest absolute Gasteiger partial charge is 0.451 e. The van der Waals surface area contributed by atoms with Crippen molar-refractivity contribution in [2.75, 3.05) is 42.7 Å². The Labute approximate surface area is 449 Å². The Morgan fingerprint density at radius 1 is 0.974 bits per heavy atom. The zero-order chi connectivity index (χ0) is 54.1. The second kappa shape index (κ2) is 24.2. The predicted octanol–water partition coefficient (Wildman–Crippen LogP) is 8.75. The highest BCUT2D eigenvalue weighted by atomic mass is 32.2. The Kier molecular flexibility index (Phi) is 17.5. The number of benzene rings is 3. The summed E-state index contributed by atoms with van der Waals surface area (Å²) in [5, 5.41) is 34.8. The molecular weight excluding hydrogens is 983 g/mol. The van der Waals surface area contributed by atoms with Gasteiger partial charge < -0.3 is 50.6 Å². The van der Waals surface area contributed by atoms with Crippen LogP contribution in [0.1, 0.15) is 137 Å². The molecule has 2 saturated heterocycles. The van der Waals surface area contributed by atoms with Crippen molar-refractivity contribution in [2.24, 2.45) is 5.41 Å². The SMILES string of the molecule is C=CNCc1ccc(C2=C(C)NCS2)cc1.CC(Nc1nc(Nc2ccc3c(c2)C(C)(C)OC3=O)ncc1-c1nnc(C2CCN(C(=O)CCCC(=O)NC(C(=O)N3CCC(O)C3)C(C)(C)C)CC2)o1)c1ccccc1. The van der Waals surface area contributed by atoms with Crippen molar-refractivity contribution in [1.29, 1.82) is 0 Å². The minimum Gasteiger partial charge on any atom is -0.451 e. The Morgan fingerprint density at radius 3 is 2.38 bits per heavy atom. The Hall–Kier alpha value is -7.25. The van der Waals surface area contributed by atoms with E-state index in [0.717, 1.165) is 23.5 Å². The first-order chi connectivity index (χ1) is 36.4. The molecule has 19 heteroatoms. The average molecular weight is 1050 g/mol. The van der Waals surface area contributed by atoms with Crippen LogP contribution < -0.4 is 26.6 Å². The van der Waals surface area contributed by atoms with Gasteiger partial charge in [0, 0.05) is 85.6 Å². The van der Waals surface area contributed by atoms with Gasteiger partial charge in [0.05, 0.1) is 23.1 Å². The number of nitrogens with zero attached hydrogens (tertiary/aromatic N) is 6. The van der Waals surface area contributed by atoms with E-state index in [1.54, 1.807) is 29.4 Å². The van der Waals surface area contributed by atoms with Crippen LogP contribution in [0, 0.1) is 5.41 Å². The number of β-amino-alcohol motifs (C(OH)–C–C–N with tert-alkyl or cyclic N) is 1. The van der Waals surface area contributed by atoms with Crippen LogP contribution in [-0.4, -0.2) is 103 Å². The van der Waals surface area contributed by atoms with Crippen molar-refractivity contribution in [2.45, 2.75) is 123 Å². The summed E-state index contributed by atoms with van der Waals surface area (Å²) in [7, 11) is 0. The predicted molar refractivity (Wildman–Crippen MR) is 295 cm³/mol. The maximum Gasteiger partial charge on any atom is 0.339 e. The summed E-state index contributed by atoms with van der Waals surface area (Å²) in [6.45, 7) is 19.8. The fourth-order valence-corrected chi connectivity index (χ4v) is 10.6. The third-order valence-corrected chi connectivity index (χ3v) is 15.2. The molecule has 18 nitrogen and oxygen atoms in total. The van der Waals surface area contributed by atoms with Gasteiger partial charge in [0.15, 0.2) is 0 Å². The maximum atomic E-state index is 13.2. The number of fused-ring (bicyclic) bond motifs is 1. The summed E-state index contributed by atoms with van der Waals surface area (Å²) in [6, 6.07) is 23.2. The quantitative estimate of drug-likeness (QED) is 0.0478. The molecule has 9 rings (SSSR count). The molecule has 0 aliphatic carbocycles. The van der Waals surface area contributed by atoms with Gasteiger partial charge in [0.2, 0.25) is 29.6 Å². The highest BCUT2D eigenvalue weighted by Crippen LogP contribution is 2.39. The molecule has 402 valence electrons. The molecule has 0 spiro atoms. The zero-order valence-electron chi connectivity index (χ0n) is 44.6. The molecule has 2 aromatic heterocycles. The number of aliphatic hydroxyl groups excluding tert-OH is 1. The van der Waals surface area contributed by atoms with Crippen molar-refractivity contribution in [3.63, 3.8) is 0 Å². The molecule has 4 aliphatic rings. The van der Waals surface area contributed by atoms with Crippen LogP contribution in [0.25, 0.3) is 16.4 Å². The first kappa shape index (κ1) is 55.0. The van der Waals surface area contributed by atoms with E-state index in [0.29, 0.717) is 79.8 Å². The normalized spacial score (nSPS) is 17.9. The van der Waals surface area contributed by atoms with E-state index < -0.39 is 23.2 Å². The van der Waals surface area contributed by atoms with Gasteiger partial charge in [-0.15, -0.1) is 22.0 Å². The maximum absolute atomic E-state index is 13.2. The number of aliphatic hydroxyl groups is 1. The smallest absolute Gasteiger partial charge is 0.339 e. The molecule has 4 aliphatic heterocycles. The number of ether oxygens (including phenoxy) is 1. The van der Waals surface area contributed by atoms with Crippen molar-refractivity contribution in [1.82, 2.24) is 45.9 Å². The van der Waals surface area contributed by atoms with E-state index in [1.165, 1.54) is 21.7 Å². The number of nitrogens with one attached hydrogen (secondary N) is 5. The minimum absolute atomic E-state index is 0.0264. The summed E-state index contributed by atoms with van der Waals surface area (Å²) in [5.74, 6) is 1.64. The lowest BCUT2D eigenvalue weighted by molar-refractivity contribution is -0.139. The number of cyclic esters (lactones) is 1. The van der Waals surface area contributed by atoms with Gasteiger partial charge >= 0.3 is 5.97 Å². The number of amides is 3. The van der Waals surface area contributed by atoms with E-state index >= 15 is 0 Å². The fourth-order valence-electron chi connectivity index (χ4n) is 9.63. The number of piperidine rings is 1. The number of carbonyl (C=O) groups is 4. The molecule has 2 fully saturated rings. The highest BCUT2D eigenvalue weighted by molar-refractivity contribution is 8.08. The molecule has 3 amide bonds. The molecule has 3 unspecified atom stereocenters. The highest BCUT2D eigenvalue weighted by Gasteiger charge is 2.39. The number of allylic oxidation sites excluding steroid dienone is 1. The molecule has 6 N–H and O–H groups in total. The molecule has 76 heavy (non-hydrogen) atoms. The lowest BCUT2D eigenvalue weighted by Gasteiger charge is -2.33. The van der Waals surface area contributed by atoms with Crippen molar-refractivity contribution < 1.29 is 33.4 Å². The molecular formula is C57H71N11O7S. The van der Waals surface area contributed by atoms with E-state index in [1.807, 2.05) is 94.6 Å². The first-order valence-electron chi connectivity index (χ1n) is 26.1. The van der Waals surface area contributed by atoms with Gasteiger partial charge in [-0.05, 0) is 99.9 Å². The molecule has 3 atom stereocenters. The van der Waals surface area contributed by atoms with Gasteiger partial charge in [-0.25, -0.2) is 9.78 Å². The van der Waals surface area contributed by atoms with Crippen molar-refractivity contribution >= 4 is 57.8 Å². The Balaban J connectivity index is 0.000000407. The topological polar surface area (TPSA) is 229 Å². The zero-order valence-corrected chi connectivity index (χ0v) is 45.4. The van der Waals surface area contributed by atoms with Crippen LogP contribution in [0.3, 0.4) is 0 Å². The number of esters is 1. The van der Waals surface area contributed by atoms with Gasteiger partial charge in [-0.1, -0.05) is 81.9 Å². The second-order valence-corrected chi connectivity index (χ2v) is 22.3. The molecule has 0 saturated carbocycles. The van der Waals surface area contributed by atoms with E-state index in [4.69, 9.17) is 14.1 Å². The van der Waals surface area contributed by atoms with Crippen LogP contribution in [0.5, 0.6) is 0 Å². The van der Waals surface area contributed by atoms with Crippen LogP contribution in [-0.2, 0) is 31.3 Å². The summed E-state index contributed by atoms with van der Waals surface area (Å²) < 4.78 is 11.8. The number of hydrogen-bond donors (Lipinski definition) is 6. The summed E-state index contributed by atoms with van der Waals surface area (Å²) in [5.41, 5.74) is 6.18. The van der Waals surface area contributed by atoms with Crippen LogP contribution in [0.2, 0.25) is 0 Å². The average Bonchev–Trinajstić information content (AvgIpc) is 4.23. The number of thioether (sulfide) groups is 1. The monoisotopic (exact) mass is 1050 g/mol. The molecule has 3 aromatic carbocycles. The number of likely N-dealkylation sites (tertiary alicyclic amines) is 2. The summed E-state index contributed by atoms with van der Waals surface area (Å²) >= 11 is 1.86. The van der Waals surface area contributed by atoms with E-state index in [2.05, 4.69) is 79.5 Å². The number of aromatic nitrogens is 4. The lowest BCUT2D eigenvalue weighted by atomic mass is 9.85. The molecule has 0 bridgehead atoms. The summed E-state index contributed by atoms with van der Waals surface area (Å²) in [4.78, 5) is 65.9. The van der Waals surface area contributed by atoms with Crippen LogP contribution >= 0.6 is 11.8 Å². The van der Waals surface area contributed by atoms with Gasteiger partial charge in [0.1, 0.15) is 17.5 Å². The molecule has 0 radical (unpaired) electrons.